The van der Waals surface area contributed by atoms with Gasteiger partial charge in [0.25, 0.3) is 0 Å². The van der Waals surface area contributed by atoms with E-state index in [1.165, 1.54) is 12.8 Å². The van der Waals surface area contributed by atoms with Crippen LogP contribution in [-0.4, -0.2) is 53.1 Å². The standard InChI is InChI=1S/C20H26N4O4/c25-18-6-3-13-7-14(4-5-17(13)23-18)21-20(28)22-15-8-16(9-15)24(11-19(26)27)10-12-1-2-12/h4-5,7,12,15-16H,1-3,6,8-11H2,(H,23,25)(H,26,27)(H2,21,22,28). The monoisotopic (exact) mass is 386 g/mol. The number of anilines is 2. The normalized spacial score (nSPS) is 23.4. The van der Waals surface area contributed by atoms with Crippen molar-refractivity contribution in [3.63, 3.8) is 0 Å². The lowest BCUT2D eigenvalue weighted by atomic mass is 9.85. The van der Waals surface area contributed by atoms with Crippen molar-refractivity contribution in [1.82, 2.24) is 10.2 Å². The molecule has 0 atom stereocenters. The first-order chi connectivity index (χ1) is 13.5. The van der Waals surface area contributed by atoms with Gasteiger partial charge in [-0.05, 0) is 61.8 Å². The van der Waals surface area contributed by atoms with Crippen molar-refractivity contribution < 1.29 is 19.5 Å². The van der Waals surface area contributed by atoms with E-state index in [-0.39, 0.29) is 30.6 Å². The molecule has 2 saturated carbocycles. The lowest BCUT2D eigenvalue weighted by Crippen LogP contribution is -2.55. The van der Waals surface area contributed by atoms with Crippen molar-refractivity contribution in [1.29, 1.82) is 0 Å². The molecule has 150 valence electrons. The predicted octanol–water partition coefficient (Wildman–Crippen LogP) is 2.02. The van der Waals surface area contributed by atoms with Gasteiger partial charge in [-0.25, -0.2) is 4.79 Å². The number of aryl methyl sites for hydroxylation is 1. The molecule has 4 N–H and O–H groups in total. The molecule has 28 heavy (non-hydrogen) atoms. The molecule has 0 bridgehead atoms. The maximum Gasteiger partial charge on any atom is 0.319 e. The zero-order chi connectivity index (χ0) is 19.7. The predicted molar refractivity (Wildman–Crippen MR) is 104 cm³/mol. The van der Waals surface area contributed by atoms with E-state index in [0.29, 0.717) is 24.4 Å². The smallest absolute Gasteiger partial charge is 0.319 e. The van der Waals surface area contributed by atoms with Gasteiger partial charge in [0.15, 0.2) is 0 Å². The summed E-state index contributed by atoms with van der Waals surface area (Å²) in [4.78, 5) is 36.8. The summed E-state index contributed by atoms with van der Waals surface area (Å²) in [6.45, 7) is 0.924. The summed E-state index contributed by atoms with van der Waals surface area (Å²) in [5.74, 6) is -0.133. The van der Waals surface area contributed by atoms with Crippen LogP contribution in [0.5, 0.6) is 0 Å². The van der Waals surface area contributed by atoms with Crippen molar-refractivity contribution >= 4 is 29.3 Å². The van der Waals surface area contributed by atoms with Gasteiger partial charge in [-0.1, -0.05) is 0 Å². The summed E-state index contributed by atoms with van der Waals surface area (Å²) in [6, 6.07) is 5.52. The van der Waals surface area contributed by atoms with E-state index in [0.717, 1.165) is 30.6 Å². The van der Waals surface area contributed by atoms with Gasteiger partial charge in [-0.15, -0.1) is 0 Å². The molecule has 0 unspecified atom stereocenters. The summed E-state index contributed by atoms with van der Waals surface area (Å²) < 4.78 is 0. The Hall–Kier alpha value is -2.61. The van der Waals surface area contributed by atoms with Crippen LogP contribution in [0.4, 0.5) is 16.2 Å². The van der Waals surface area contributed by atoms with Crippen LogP contribution in [0, 0.1) is 5.92 Å². The number of carboxylic acid groups (broad SMARTS) is 1. The number of aliphatic carboxylic acids is 1. The number of carboxylic acids is 1. The van der Waals surface area contributed by atoms with E-state index >= 15 is 0 Å². The third-order valence-electron chi connectivity index (χ3n) is 5.75. The van der Waals surface area contributed by atoms with E-state index in [2.05, 4.69) is 16.0 Å². The number of carbonyl (C=O) groups excluding carboxylic acids is 2. The summed E-state index contributed by atoms with van der Waals surface area (Å²) in [5.41, 5.74) is 2.52. The molecule has 2 fully saturated rings. The maximum atomic E-state index is 12.3. The number of fused-ring (bicyclic) bond motifs is 1. The summed E-state index contributed by atoms with van der Waals surface area (Å²) in [6.07, 6.45) is 5.07. The Labute approximate surface area is 163 Å². The molecule has 1 aromatic carbocycles. The molecule has 1 aliphatic heterocycles. The van der Waals surface area contributed by atoms with Gasteiger partial charge < -0.3 is 21.1 Å². The van der Waals surface area contributed by atoms with E-state index < -0.39 is 5.97 Å². The quantitative estimate of drug-likeness (QED) is 0.573. The lowest BCUT2D eigenvalue weighted by molar-refractivity contribution is -0.139. The zero-order valence-corrected chi connectivity index (χ0v) is 15.7. The van der Waals surface area contributed by atoms with E-state index in [4.69, 9.17) is 5.11 Å². The molecule has 0 saturated heterocycles. The highest BCUT2D eigenvalue weighted by Gasteiger charge is 2.37. The van der Waals surface area contributed by atoms with E-state index in [9.17, 15) is 14.4 Å². The van der Waals surface area contributed by atoms with Crippen LogP contribution in [0.1, 0.15) is 37.7 Å². The molecule has 1 aromatic rings. The minimum atomic E-state index is -0.793. The van der Waals surface area contributed by atoms with Gasteiger partial charge in [-0.2, -0.15) is 0 Å². The van der Waals surface area contributed by atoms with Crippen LogP contribution in [0.2, 0.25) is 0 Å². The van der Waals surface area contributed by atoms with Gasteiger partial charge in [0.05, 0.1) is 6.54 Å². The van der Waals surface area contributed by atoms with Gasteiger partial charge in [-0.3, -0.25) is 14.5 Å². The minimum Gasteiger partial charge on any atom is -0.480 e. The van der Waals surface area contributed by atoms with Crippen LogP contribution < -0.4 is 16.0 Å². The number of carbonyl (C=O) groups is 3. The second-order valence-electron chi connectivity index (χ2n) is 8.11. The average molecular weight is 386 g/mol. The Morgan fingerprint density at radius 3 is 2.71 bits per heavy atom. The van der Waals surface area contributed by atoms with Crippen molar-refractivity contribution in [2.45, 2.75) is 50.6 Å². The average Bonchev–Trinajstić information content (AvgIpc) is 3.41. The number of nitrogens with one attached hydrogen (secondary N) is 3. The van der Waals surface area contributed by atoms with Crippen molar-refractivity contribution in [2.75, 3.05) is 23.7 Å². The van der Waals surface area contributed by atoms with E-state index in [1.807, 2.05) is 17.0 Å². The molecule has 8 nitrogen and oxygen atoms in total. The molecular formula is C20H26N4O4. The Bertz CT molecular complexity index is 786. The van der Waals surface area contributed by atoms with Crippen LogP contribution in [-0.2, 0) is 16.0 Å². The maximum absolute atomic E-state index is 12.3. The second kappa shape index (κ2) is 7.79. The Morgan fingerprint density at radius 2 is 2.00 bits per heavy atom. The van der Waals surface area contributed by atoms with Gasteiger partial charge in [0.2, 0.25) is 5.91 Å². The third-order valence-corrected chi connectivity index (χ3v) is 5.75. The Kier molecular flexibility index (Phi) is 5.21. The Balaban J connectivity index is 1.25. The van der Waals surface area contributed by atoms with Crippen LogP contribution in [0.25, 0.3) is 0 Å². The molecule has 4 rings (SSSR count). The highest BCUT2D eigenvalue weighted by molar-refractivity contribution is 5.95. The molecular weight excluding hydrogens is 360 g/mol. The third kappa shape index (κ3) is 4.62. The number of amides is 3. The number of hydrogen-bond donors (Lipinski definition) is 4. The topological polar surface area (TPSA) is 111 Å². The zero-order valence-electron chi connectivity index (χ0n) is 15.7. The van der Waals surface area contributed by atoms with E-state index in [1.54, 1.807) is 6.07 Å². The van der Waals surface area contributed by atoms with Crippen molar-refractivity contribution in [3.05, 3.63) is 23.8 Å². The number of benzene rings is 1. The largest absolute Gasteiger partial charge is 0.480 e. The molecule has 2 aliphatic carbocycles. The van der Waals surface area contributed by atoms with Crippen LogP contribution in [0.15, 0.2) is 18.2 Å². The van der Waals surface area contributed by atoms with Gasteiger partial charge >= 0.3 is 12.0 Å². The van der Waals surface area contributed by atoms with Gasteiger partial charge in [0.1, 0.15) is 0 Å². The molecule has 3 aliphatic rings. The highest BCUT2D eigenvalue weighted by Crippen LogP contribution is 2.34. The molecule has 1 heterocycles. The molecule has 0 spiro atoms. The molecule has 8 heteroatoms. The highest BCUT2D eigenvalue weighted by atomic mass is 16.4. The van der Waals surface area contributed by atoms with Crippen molar-refractivity contribution in [3.8, 4) is 0 Å². The first kappa shape index (κ1) is 18.7. The first-order valence-electron chi connectivity index (χ1n) is 9.92. The SMILES string of the molecule is O=C(O)CN(CC1CC1)C1CC(NC(=O)Nc2ccc3c(c2)CCC(=O)N3)C1. The van der Waals surface area contributed by atoms with Crippen LogP contribution in [0.3, 0.4) is 0 Å². The minimum absolute atomic E-state index is 0.0177. The fourth-order valence-electron chi connectivity index (χ4n) is 3.97. The van der Waals surface area contributed by atoms with Gasteiger partial charge in [0, 0.05) is 36.4 Å². The first-order valence-corrected chi connectivity index (χ1v) is 9.92. The molecule has 0 aromatic heterocycles. The fraction of sp³-hybridized carbons (Fsp3) is 0.550. The number of nitrogens with zero attached hydrogens (tertiary/aromatic N) is 1. The summed E-state index contributed by atoms with van der Waals surface area (Å²) in [7, 11) is 0. The number of urea groups is 1. The summed E-state index contributed by atoms with van der Waals surface area (Å²) in [5, 5.41) is 17.8. The number of hydrogen-bond acceptors (Lipinski definition) is 4. The summed E-state index contributed by atoms with van der Waals surface area (Å²) >= 11 is 0. The Morgan fingerprint density at radius 1 is 1.21 bits per heavy atom. The van der Waals surface area contributed by atoms with Crippen LogP contribution >= 0.6 is 0 Å². The number of rotatable bonds is 7. The molecule has 3 amide bonds. The van der Waals surface area contributed by atoms with Crippen molar-refractivity contribution in [2.24, 2.45) is 5.92 Å². The second-order valence-corrected chi connectivity index (χ2v) is 8.11. The molecule has 0 radical (unpaired) electrons. The lowest BCUT2D eigenvalue weighted by Gasteiger charge is -2.42. The fourth-order valence-corrected chi connectivity index (χ4v) is 3.97.